The number of hydrogen-bond acceptors (Lipinski definition) is 5. The van der Waals surface area contributed by atoms with Gasteiger partial charge in [0, 0.05) is 25.4 Å². The lowest BCUT2D eigenvalue weighted by atomic mass is 10.2. The molecule has 1 atom stereocenters. The first kappa shape index (κ1) is 20.7. The fourth-order valence-corrected chi connectivity index (χ4v) is 2.78. The van der Waals surface area contributed by atoms with Crippen LogP contribution < -0.4 is 5.32 Å². The summed E-state index contributed by atoms with van der Waals surface area (Å²) in [5.41, 5.74) is 1.03. The molecule has 1 aromatic rings. The van der Waals surface area contributed by atoms with Gasteiger partial charge in [-0.05, 0) is 43.5 Å². The van der Waals surface area contributed by atoms with Crippen LogP contribution in [-0.4, -0.2) is 49.3 Å². The van der Waals surface area contributed by atoms with Crippen LogP contribution in [0, 0.1) is 11.3 Å². The molecule has 0 aromatic heterocycles. The summed E-state index contributed by atoms with van der Waals surface area (Å²) in [6.45, 7) is 3.97. The smallest absolute Gasteiger partial charge is 0.338 e. The van der Waals surface area contributed by atoms with Crippen LogP contribution in [0.1, 0.15) is 49.4 Å². The molecule has 1 fully saturated rings. The van der Waals surface area contributed by atoms with Crippen molar-refractivity contribution in [3.8, 4) is 6.07 Å². The average molecular weight is 373 g/mol. The molecule has 0 bridgehead atoms. The van der Waals surface area contributed by atoms with E-state index in [1.54, 1.807) is 29.2 Å². The Labute approximate surface area is 160 Å². The summed E-state index contributed by atoms with van der Waals surface area (Å²) < 4.78 is 10.8. The van der Waals surface area contributed by atoms with Crippen molar-refractivity contribution in [3.05, 3.63) is 29.8 Å². The van der Waals surface area contributed by atoms with Crippen LogP contribution in [0.15, 0.2) is 24.3 Å². The maximum Gasteiger partial charge on any atom is 0.338 e. The minimum absolute atomic E-state index is 0.0229. The third-order valence-corrected chi connectivity index (χ3v) is 4.33. The molecular formula is C20H27N3O4. The van der Waals surface area contributed by atoms with Crippen LogP contribution in [-0.2, 0) is 9.47 Å². The fourth-order valence-electron chi connectivity index (χ4n) is 2.78. The molecule has 1 N–H and O–H groups in total. The van der Waals surface area contributed by atoms with E-state index in [4.69, 9.17) is 14.7 Å². The minimum atomic E-state index is -0.365. The predicted octanol–water partition coefficient (Wildman–Crippen LogP) is 3.57. The van der Waals surface area contributed by atoms with E-state index < -0.39 is 0 Å². The summed E-state index contributed by atoms with van der Waals surface area (Å²) >= 11 is 0. The molecule has 1 saturated heterocycles. The van der Waals surface area contributed by atoms with Crippen molar-refractivity contribution in [2.75, 3.05) is 31.6 Å². The quantitative estimate of drug-likeness (QED) is 0.528. The van der Waals surface area contributed by atoms with E-state index in [1.165, 1.54) is 0 Å². The highest BCUT2D eigenvalue weighted by Crippen LogP contribution is 2.16. The van der Waals surface area contributed by atoms with Crippen molar-refractivity contribution in [2.45, 2.75) is 45.1 Å². The van der Waals surface area contributed by atoms with E-state index in [-0.39, 0.29) is 24.5 Å². The molecule has 1 aliphatic heterocycles. The van der Waals surface area contributed by atoms with E-state index in [0.29, 0.717) is 37.6 Å². The SMILES string of the molecule is CCCCOC(=O)c1ccc(NC(=O)N(CCC#N)CC2CCCO2)cc1. The zero-order valence-corrected chi connectivity index (χ0v) is 15.8. The van der Waals surface area contributed by atoms with E-state index in [9.17, 15) is 9.59 Å². The summed E-state index contributed by atoms with van der Waals surface area (Å²) in [6, 6.07) is 8.39. The van der Waals surface area contributed by atoms with Gasteiger partial charge in [0.2, 0.25) is 0 Å². The highest BCUT2D eigenvalue weighted by molar-refractivity contribution is 5.92. The number of esters is 1. The Balaban J connectivity index is 1.91. The van der Waals surface area contributed by atoms with Gasteiger partial charge in [-0.3, -0.25) is 0 Å². The number of urea groups is 1. The van der Waals surface area contributed by atoms with Crippen molar-refractivity contribution in [3.63, 3.8) is 0 Å². The number of anilines is 1. The summed E-state index contributed by atoms with van der Waals surface area (Å²) in [4.78, 5) is 26.1. The first-order valence-corrected chi connectivity index (χ1v) is 9.45. The number of nitrogens with one attached hydrogen (secondary N) is 1. The zero-order valence-electron chi connectivity index (χ0n) is 15.8. The van der Waals surface area contributed by atoms with Gasteiger partial charge >= 0.3 is 12.0 Å². The molecule has 1 aliphatic rings. The van der Waals surface area contributed by atoms with E-state index in [2.05, 4.69) is 11.4 Å². The molecule has 7 heteroatoms. The zero-order chi connectivity index (χ0) is 19.5. The summed E-state index contributed by atoms with van der Waals surface area (Å²) in [5.74, 6) is -0.365. The number of nitriles is 1. The number of rotatable bonds is 9. The van der Waals surface area contributed by atoms with Gasteiger partial charge < -0.3 is 19.7 Å². The number of unbranched alkanes of at least 4 members (excludes halogenated alkanes) is 1. The fraction of sp³-hybridized carbons (Fsp3) is 0.550. The van der Waals surface area contributed by atoms with Gasteiger partial charge in [-0.1, -0.05) is 13.3 Å². The van der Waals surface area contributed by atoms with Crippen LogP contribution in [0.2, 0.25) is 0 Å². The van der Waals surface area contributed by atoms with Gasteiger partial charge in [0.05, 0.1) is 30.8 Å². The molecule has 1 unspecified atom stereocenters. The van der Waals surface area contributed by atoms with Crippen molar-refractivity contribution in [2.24, 2.45) is 0 Å². The standard InChI is InChI=1S/C20H27N3O4/c1-2-3-13-27-19(24)16-7-9-17(10-8-16)22-20(25)23(12-5-11-21)15-18-6-4-14-26-18/h7-10,18H,2-6,12-15H2,1H3,(H,22,25). The summed E-state index contributed by atoms with van der Waals surface area (Å²) in [5, 5.41) is 11.6. The second-order valence-corrected chi connectivity index (χ2v) is 6.49. The van der Waals surface area contributed by atoms with Gasteiger partial charge in [-0.25, -0.2) is 9.59 Å². The molecule has 0 saturated carbocycles. The number of hydrogen-bond donors (Lipinski definition) is 1. The Morgan fingerprint density at radius 2 is 2.15 bits per heavy atom. The first-order chi connectivity index (χ1) is 13.1. The summed E-state index contributed by atoms with van der Waals surface area (Å²) in [7, 11) is 0. The number of carbonyl (C=O) groups is 2. The Morgan fingerprint density at radius 3 is 2.78 bits per heavy atom. The lowest BCUT2D eigenvalue weighted by Crippen LogP contribution is -2.40. The monoisotopic (exact) mass is 373 g/mol. The van der Waals surface area contributed by atoms with Gasteiger partial charge in [-0.15, -0.1) is 0 Å². The topological polar surface area (TPSA) is 91.7 Å². The normalized spacial score (nSPS) is 15.8. The van der Waals surface area contributed by atoms with Gasteiger partial charge in [0.15, 0.2) is 0 Å². The van der Waals surface area contributed by atoms with Crippen LogP contribution >= 0.6 is 0 Å². The maximum atomic E-state index is 12.6. The van der Waals surface area contributed by atoms with Crippen molar-refractivity contribution < 1.29 is 19.1 Å². The van der Waals surface area contributed by atoms with Crippen LogP contribution in [0.3, 0.4) is 0 Å². The van der Waals surface area contributed by atoms with Gasteiger partial charge in [-0.2, -0.15) is 5.26 Å². The Kier molecular flexibility index (Phi) is 8.59. The Morgan fingerprint density at radius 1 is 1.37 bits per heavy atom. The molecule has 2 rings (SSSR count). The number of amides is 2. The average Bonchev–Trinajstić information content (AvgIpc) is 3.19. The molecule has 27 heavy (non-hydrogen) atoms. The highest BCUT2D eigenvalue weighted by atomic mass is 16.5. The molecule has 2 amide bonds. The number of nitrogens with zero attached hydrogens (tertiary/aromatic N) is 2. The van der Waals surface area contributed by atoms with Crippen molar-refractivity contribution in [1.82, 2.24) is 4.90 Å². The van der Waals surface area contributed by atoms with Crippen LogP contribution in [0.4, 0.5) is 10.5 Å². The Bertz CT molecular complexity index is 648. The molecule has 0 radical (unpaired) electrons. The van der Waals surface area contributed by atoms with E-state index in [0.717, 1.165) is 25.7 Å². The largest absolute Gasteiger partial charge is 0.462 e. The second kappa shape index (κ2) is 11.2. The number of carbonyl (C=O) groups excluding carboxylic acids is 2. The molecule has 1 aromatic carbocycles. The van der Waals surface area contributed by atoms with Crippen LogP contribution in [0.25, 0.3) is 0 Å². The van der Waals surface area contributed by atoms with Gasteiger partial charge in [0.25, 0.3) is 0 Å². The van der Waals surface area contributed by atoms with E-state index >= 15 is 0 Å². The molecule has 0 spiro atoms. The molecule has 146 valence electrons. The second-order valence-electron chi connectivity index (χ2n) is 6.49. The number of ether oxygens (including phenoxy) is 2. The predicted molar refractivity (Wildman–Crippen MR) is 101 cm³/mol. The molecule has 1 heterocycles. The van der Waals surface area contributed by atoms with Crippen molar-refractivity contribution in [1.29, 1.82) is 5.26 Å². The molecule has 7 nitrogen and oxygen atoms in total. The van der Waals surface area contributed by atoms with Gasteiger partial charge in [0.1, 0.15) is 0 Å². The minimum Gasteiger partial charge on any atom is -0.462 e. The van der Waals surface area contributed by atoms with Crippen LogP contribution in [0.5, 0.6) is 0 Å². The lowest BCUT2D eigenvalue weighted by Gasteiger charge is -2.25. The third kappa shape index (κ3) is 6.91. The van der Waals surface area contributed by atoms with Crippen molar-refractivity contribution >= 4 is 17.7 Å². The van der Waals surface area contributed by atoms with E-state index in [1.807, 2.05) is 6.92 Å². The lowest BCUT2D eigenvalue weighted by molar-refractivity contribution is 0.0499. The molecule has 0 aliphatic carbocycles. The number of benzene rings is 1. The summed E-state index contributed by atoms with van der Waals surface area (Å²) in [6.07, 6.45) is 4.01. The Hall–Kier alpha value is -2.59. The maximum absolute atomic E-state index is 12.6. The first-order valence-electron chi connectivity index (χ1n) is 9.45. The third-order valence-electron chi connectivity index (χ3n) is 4.33. The molecular weight excluding hydrogens is 346 g/mol. The highest BCUT2D eigenvalue weighted by Gasteiger charge is 2.22.